The SMILES string of the molecule is C=CSC1=C(N)c2ccccc2OC1(c1ccc(OCC)cc1Br)c1ccc(N(CCC#N)CCC#N)cc1OCCOC(C)=O. The predicted molar refractivity (Wildman–Crippen MR) is 183 cm³/mol. The van der Waals surface area contributed by atoms with E-state index < -0.39 is 11.6 Å². The fourth-order valence-corrected chi connectivity index (χ4v) is 6.73. The Labute approximate surface area is 282 Å². The molecular weight excluding hydrogens is 668 g/mol. The Morgan fingerprint density at radius 3 is 2.43 bits per heavy atom. The highest BCUT2D eigenvalue weighted by atomic mass is 79.9. The summed E-state index contributed by atoms with van der Waals surface area (Å²) >= 11 is 5.15. The topological polar surface area (TPSA) is 131 Å². The normalized spacial score (nSPS) is 15.1. The molecule has 3 aromatic rings. The minimum atomic E-state index is -1.33. The molecule has 0 bridgehead atoms. The number of esters is 1. The third-order valence-electron chi connectivity index (χ3n) is 7.18. The molecule has 1 aliphatic heterocycles. The minimum absolute atomic E-state index is 0.0290. The number of rotatable bonds is 15. The Balaban J connectivity index is 2.02. The van der Waals surface area contributed by atoms with Gasteiger partial charge < -0.3 is 29.6 Å². The van der Waals surface area contributed by atoms with Crippen molar-refractivity contribution in [1.29, 1.82) is 10.5 Å². The number of carbonyl (C=O) groups excluding carboxylic acids is 1. The van der Waals surface area contributed by atoms with Gasteiger partial charge >= 0.3 is 5.97 Å². The number of thioether (sulfide) groups is 1. The number of fused-ring (bicyclic) bond motifs is 1. The van der Waals surface area contributed by atoms with Gasteiger partial charge in [-0.2, -0.15) is 10.5 Å². The van der Waals surface area contributed by atoms with Crippen molar-refractivity contribution in [2.45, 2.75) is 32.3 Å². The molecule has 0 radical (unpaired) electrons. The summed E-state index contributed by atoms with van der Waals surface area (Å²) in [5.74, 6) is 1.28. The lowest BCUT2D eigenvalue weighted by atomic mass is 9.81. The number of nitrogens with two attached hydrogens (primary N) is 1. The van der Waals surface area contributed by atoms with Gasteiger partial charge in [-0.05, 0) is 54.8 Å². The second-order valence-corrected chi connectivity index (χ2v) is 11.9. The Morgan fingerprint density at radius 1 is 1.07 bits per heavy atom. The average molecular weight is 704 g/mol. The van der Waals surface area contributed by atoms with Crippen molar-refractivity contribution >= 4 is 45.0 Å². The first-order chi connectivity index (χ1) is 22.3. The predicted octanol–water partition coefficient (Wildman–Crippen LogP) is 7.26. The number of anilines is 1. The lowest BCUT2D eigenvalue weighted by Crippen LogP contribution is -2.40. The minimum Gasteiger partial charge on any atom is -0.494 e. The first-order valence-corrected chi connectivity index (χ1v) is 16.4. The zero-order valence-electron chi connectivity index (χ0n) is 25.8. The summed E-state index contributed by atoms with van der Waals surface area (Å²) < 4.78 is 25.1. The van der Waals surface area contributed by atoms with E-state index >= 15 is 0 Å². The van der Waals surface area contributed by atoms with Crippen LogP contribution in [-0.2, 0) is 15.1 Å². The van der Waals surface area contributed by atoms with Crippen LogP contribution < -0.4 is 24.8 Å². The van der Waals surface area contributed by atoms with Crippen LogP contribution in [0.1, 0.15) is 43.4 Å². The maximum atomic E-state index is 11.5. The third-order valence-corrected chi connectivity index (χ3v) is 8.75. The molecular formula is C35H35BrN4O5S. The largest absolute Gasteiger partial charge is 0.494 e. The van der Waals surface area contributed by atoms with Gasteiger partial charge in [0.1, 0.15) is 30.5 Å². The summed E-state index contributed by atoms with van der Waals surface area (Å²) in [5, 5.41) is 20.3. The summed E-state index contributed by atoms with van der Waals surface area (Å²) in [6, 6.07) is 23.3. The number of benzene rings is 3. The van der Waals surface area contributed by atoms with Crippen LogP contribution in [0.15, 0.2) is 82.0 Å². The van der Waals surface area contributed by atoms with E-state index in [2.05, 4.69) is 34.6 Å². The van der Waals surface area contributed by atoms with Gasteiger partial charge in [-0.1, -0.05) is 46.4 Å². The first kappa shape index (κ1) is 34.3. The van der Waals surface area contributed by atoms with E-state index in [0.717, 1.165) is 16.8 Å². The number of hydrogen-bond donors (Lipinski definition) is 1. The molecule has 0 amide bonds. The number of halogens is 1. The van der Waals surface area contributed by atoms with E-state index in [1.807, 2.05) is 72.5 Å². The maximum absolute atomic E-state index is 11.5. The fourth-order valence-electron chi connectivity index (χ4n) is 5.26. The molecule has 238 valence electrons. The van der Waals surface area contributed by atoms with Crippen LogP contribution >= 0.6 is 27.7 Å². The molecule has 0 aliphatic carbocycles. The molecule has 46 heavy (non-hydrogen) atoms. The molecule has 3 aromatic carbocycles. The average Bonchev–Trinajstić information content (AvgIpc) is 3.05. The molecule has 0 fully saturated rings. The van der Waals surface area contributed by atoms with Gasteiger partial charge in [-0.15, -0.1) is 0 Å². The lowest BCUT2D eigenvalue weighted by molar-refractivity contribution is -0.141. The summed E-state index contributed by atoms with van der Waals surface area (Å²) in [6.07, 6.45) is 0.552. The van der Waals surface area contributed by atoms with Gasteiger partial charge in [-0.3, -0.25) is 4.79 Å². The molecule has 2 N–H and O–H groups in total. The zero-order chi connectivity index (χ0) is 33.1. The number of hydrogen-bond acceptors (Lipinski definition) is 10. The second-order valence-electron chi connectivity index (χ2n) is 10.1. The Kier molecular flexibility index (Phi) is 12.0. The monoisotopic (exact) mass is 702 g/mol. The number of ether oxygens (including phenoxy) is 4. The Hall–Kier alpha value is -4.58. The highest BCUT2D eigenvalue weighted by Gasteiger charge is 2.49. The van der Waals surface area contributed by atoms with Crippen LogP contribution in [0.25, 0.3) is 5.70 Å². The highest BCUT2D eigenvalue weighted by molar-refractivity contribution is 9.10. The van der Waals surface area contributed by atoms with E-state index in [-0.39, 0.29) is 26.1 Å². The number of nitrogens with zero attached hydrogens (tertiary/aromatic N) is 3. The molecule has 1 heterocycles. The van der Waals surface area contributed by atoms with Crippen molar-refractivity contribution < 1.29 is 23.7 Å². The van der Waals surface area contributed by atoms with Crippen molar-refractivity contribution in [3.8, 4) is 29.4 Å². The van der Waals surface area contributed by atoms with Crippen LogP contribution in [0.3, 0.4) is 0 Å². The van der Waals surface area contributed by atoms with Crippen molar-refractivity contribution in [1.82, 2.24) is 0 Å². The number of carbonyl (C=O) groups is 1. The van der Waals surface area contributed by atoms with E-state index in [0.29, 0.717) is 57.6 Å². The third kappa shape index (κ3) is 7.44. The second kappa shape index (κ2) is 16.1. The summed E-state index contributed by atoms with van der Waals surface area (Å²) in [7, 11) is 0. The quantitative estimate of drug-likeness (QED) is 0.127. The standard InChI is InChI=1S/C35H35BrN4O5S/c1-4-42-26-13-15-28(30(36)23-26)35(34(46-5-2)33(39)27-10-6-7-11-31(27)45-35)29-14-12-25(40(18-8-16-37)19-9-17-38)22-32(29)44-21-20-43-24(3)41/h5-7,10-15,22-23H,2,4,8-9,18-21,39H2,1,3H3. The van der Waals surface area contributed by atoms with Crippen LogP contribution in [-0.4, -0.2) is 38.9 Å². The summed E-state index contributed by atoms with van der Waals surface area (Å²) in [4.78, 5) is 14.2. The number of nitriles is 2. The highest BCUT2D eigenvalue weighted by Crippen LogP contribution is 2.56. The van der Waals surface area contributed by atoms with Gasteiger partial charge in [0.25, 0.3) is 0 Å². The van der Waals surface area contributed by atoms with E-state index in [9.17, 15) is 15.3 Å². The van der Waals surface area contributed by atoms with Gasteiger partial charge in [0.05, 0.1) is 42.2 Å². The van der Waals surface area contributed by atoms with Crippen LogP contribution in [0.5, 0.6) is 17.2 Å². The van der Waals surface area contributed by atoms with Crippen molar-refractivity contribution in [2.75, 3.05) is 37.8 Å². The molecule has 1 aliphatic rings. The maximum Gasteiger partial charge on any atom is 0.302 e. The van der Waals surface area contributed by atoms with Gasteiger partial charge in [-0.25, -0.2) is 0 Å². The number of para-hydroxylation sites is 1. The van der Waals surface area contributed by atoms with E-state index in [4.69, 9.17) is 24.7 Å². The molecule has 1 unspecified atom stereocenters. The smallest absolute Gasteiger partial charge is 0.302 e. The van der Waals surface area contributed by atoms with E-state index in [1.54, 1.807) is 5.41 Å². The molecule has 0 saturated heterocycles. The van der Waals surface area contributed by atoms with Crippen LogP contribution in [0, 0.1) is 22.7 Å². The van der Waals surface area contributed by atoms with Crippen molar-refractivity contribution in [2.24, 2.45) is 5.73 Å². The van der Waals surface area contributed by atoms with E-state index in [1.165, 1.54) is 18.7 Å². The zero-order valence-corrected chi connectivity index (χ0v) is 28.2. The first-order valence-electron chi connectivity index (χ1n) is 14.7. The molecule has 0 aromatic heterocycles. The molecule has 11 heteroatoms. The molecule has 0 saturated carbocycles. The van der Waals surface area contributed by atoms with Gasteiger partial charge in [0, 0.05) is 52.9 Å². The van der Waals surface area contributed by atoms with Crippen molar-refractivity contribution in [3.63, 3.8) is 0 Å². The molecule has 0 spiro atoms. The fraction of sp³-hybridized carbons (Fsp3) is 0.286. The summed E-state index contributed by atoms with van der Waals surface area (Å²) in [5.41, 5.74) is 9.03. The summed E-state index contributed by atoms with van der Waals surface area (Å²) in [6.45, 7) is 8.70. The van der Waals surface area contributed by atoms with Crippen LogP contribution in [0.2, 0.25) is 0 Å². The van der Waals surface area contributed by atoms with Gasteiger partial charge in [0.2, 0.25) is 0 Å². The van der Waals surface area contributed by atoms with Crippen molar-refractivity contribution in [3.05, 3.63) is 98.7 Å². The molecule has 1 atom stereocenters. The Bertz CT molecular complexity index is 1680. The lowest BCUT2D eigenvalue weighted by Gasteiger charge is -2.42. The van der Waals surface area contributed by atoms with Gasteiger partial charge in [0.15, 0.2) is 5.60 Å². The molecule has 4 rings (SSSR count). The Morgan fingerprint density at radius 2 is 1.78 bits per heavy atom. The molecule has 9 nitrogen and oxygen atoms in total. The van der Waals surface area contributed by atoms with Crippen LogP contribution in [0.4, 0.5) is 5.69 Å².